The molecule has 0 aromatic rings. The van der Waals surface area contributed by atoms with Crippen LogP contribution in [0, 0.1) is 23.2 Å². The first-order chi connectivity index (χ1) is 10.9. The van der Waals surface area contributed by atoms with Crippen LogP contribution in [0.15, 0.2) is 0 Å². The summed E-state index contributed by atoms with van der Waals surface area (Å²) < 4.78 is 5.89. The molecule has 0 bridgehead atoms. The number of ether oxygens (including phenoxy) is 1. The minimum absolute atomic E-state index is 0. The summed E-state index contributed by atoms with van der Waals surface area (Å²) in [6.07, 6.45) is 8.61. The van der Waals surface area contributed by atoms with Crippen LogP contribution < -0.4 is 11.1 Å². The molecule has 1 saturated heterocycles. The highest BCUT2D eigenvalue weighted by Gasteiger charge is 2.70. The third-order valence-electron chi connectivity index (χ3n) is 6.94. The number of rotatable bonds is 4. The van der Waals surface area contributed by atoms with Gasteiger partial charge < -0.3 is 15.8 Å². The smallest absolute Gasteiger partial charge is 0.241 e. The lowest BCUT2D eigenvalue weighted by atomic mass is 9.46. The number of amides is 1. The largest absolute Gasteiger partial charge is 0.377 e. The summed E-state index contributed by atoms with van der Waals surface area (Å²) in [4.78, 5) is 12.8. The number of hydrogen-bond acceptors (Lipinski definition) is 3. The molecule has 1 amide bonds. The van der Waals surface area contributed by atoms with Gasteiger partial charge in [-0.3, -0.25) is 4.79 Å². The fourth-order valence-electron chi connectivity index (χ4n) is 5.39. The summed E-state index contributed by atoms with van der Waals surface area (Å²) >= 11 is 0. The molecular formula is C19H35ClN2O2. The van der Waals surface area contributed by atoms with Crippen molar-refractivity contribution in [1.82, 2.24) is 5.32 Å². The van der Waals surface area contributed by atoms with Crippen LogP contribution in [0.2, 0.25) is 0 Å². The molecule has 5 unspecified atom stereocenters. The van der Waals surface area contributed by atoms with E-state index in [0.29, 0.717) is 0 Å². The van der Waals surface area contributed by atoms with E-state index in [-0.39, 0.29) is 35.8 Å². The first kappa shape index (κ1) is 20.0. The molecule has 0 radical (unpaired) electrons. The lowest BCUT2D eigenvalue weighted by Gasteiger charge is -2.65. The van der Waals surface area contributed by atoms with Crippen molar-refractivity contribution < 1.29 is 9.53 Å². The lowest BCUT2D eigenvalue weighted by Crippen LogP contribution is -2.82. The molecule has 140 valence electrons. The van der Waals surface area contributed by atoms with Gasteiger partial charge in [0.05, 0.1) is 6.10 Å². The average molecular weight is 359 g/mol. The topological polar surface area (TPSA) is 64.4 Å². The van der Waals surface area contributed by atoms with E-state index in [1.807, 2.05) is 0 Å². The van der Waals surface area contributed by atoms with Crippen LogP contribution in [0.5, 0.6) is 0 Å². The van der Waals surface area contributed by atoms with E-state index >= 15 is 0 Å². The van der Waals surface area contributed by atoms with Crippen molar-refractivity contribution in [2.24, 2.45) is 28.9 Å². The van der Waals surface area contributed by atoms with Crippen molar-refractivity contribution >= 4 is 18.3 Å². The predicted octanol–water partition coefficient (Wildman–Crippen LogP) is 3.27. The van der Waals surface area contributed by atoms with Gasteiger partial charge in [0, 0.05) is 24.5 Å². The van der Waals surface area contributed by atoms with Crippen molar-refractivity contribution in [3.05, 3.63) is 0 Å². The Morgan fingerprint density at radius 3 is 2.71 bits per heavy atom. The second-order valence-corrected chi connectivity index (χ2v) is 8.81. The quantitative estimate of drug-likeness (QED) is 0.810. The number of nitrogens with one attached hydrogen (secondary N) is 1. The summed E-state index contributed by atoms with van der Waals surface area (Å²) in [5.41, 5.74) is 5.59. The van der Waals surface area contributed by atoms with E-state index in [0.717, 1.165) is 44.2 Å². The molecule has 2 aliphatic carbocycles. The van der Waals surface area contributed by atoms with Crippen LogP contribution in [0.1, 0.15) is 65.7 Å². The number of carbonyl (C=O) groups excluding carboxylic acids is 1. The molecule has 3 rings (SSSR count). The van der Waals surface area contributed by atoms with Gasteiger partial charge in [-0.25, -0.2) is 0 Å². The van der Waals surface area contributed by atoms with Gasteiger partial charge in [0.1, 0.15) is 5.54 Å². The lowest BCUT2D eigenvalue weighted by molar-refractivity contribution is -0.225. The van der Waals surface area contributed by atoms with E-state index < -0.39 is 5.54 Å². The van der Waals surface area contributed by atoms with Gasteiger partial charge in [-0.2, -0.15) is 0 Å². The average Bonchev–Trinajstić information content (AvgIpc) is 2.54. The highest BCUT2D eigenvalue weighted by Crippen LogP contribution is 2.57. The van der Waals surface area contributed by atoms with Crippen LogP contribution in [-0.2, 0) is 9.53 Å². The SMILES string of the molecule is CC1CCCC(CCNC(=O)C2(N)C3CCCOC3C2(C)C)C1.Cl. The molecule has 5 heteroatoms. The van der Waals surface area contributed by atoms with Crippen LogP contribution in [0.4, 0.5) is 0 Å². The van der Waals surface area contributed by atoms with Crippen molar-refractivity contribution in [3.8, 4) is 0 Å². The Morgan fingerprint density at radius 1 is 1.25 bits per heavy atom. The molecule has 4 nitrogen and oxygen atoms in total. The van der Waals surface area contributed by atoms with Crippen LogP contribution >= 0.6 is 12.4 Å². The Bertz CT molecular complexity index is 457. The first-order valence-electron chi connectivity index (χ1n) is 9.56. The van der Waals surface area contributed by atoms with Crippen molar-refractivity contribution in [2.45, 2.75) is 77.4 Å². The summed E-state index contributed by atoms with van der Waals surface area (Å²) in [6, 6.07) is 0. The molecule has 5 atom stereocenters. The molecule has 0 aromatic heterocycles. The second-order valence-electron chi connectivity index (χ2n) is 8.81. The number of carbonyl (C=O) groups is 1. The standard InChI is InChI=1S/C19H34N2O2.ClH/c1-13-6-4-7-14(12-13)9-10-21-17(22)19(20)15-8-5-11-23-16(15)18(19,2)3;/h13-16H,4-12,20H2,1-3H3,(H,21,22);1H. The maximum Gasteiger partial charge on any atom is 0.241 e. The van der Waals surface area contributed by atoms with Crippen molar-refractivity contribution in [2.75, 3.05) is 13.2 Å². The van der Waals surface area contributed by atoms with Gasteiger partial charge in [0.25, 0.3) is 0 Å². The van der Waals surface area contributed by atoms with Crippen molar-refractivity contribution in [3.63, 3.8) is 0 Å². The third kappa shape index (κ3) is 3.22. The van der Waals surface area contributed by atoms with E-state index in [9.17, 15) is 4.79 Å². The zero-order valence-corrected chi connectivity index (χ0v) is 16.3. The van der Waals surface area contributed by atoms with Gasteiger partial charge in [-0.15, -0.1) is 12.4 Å². The number of halogens is 1. The molecule has 24 heavy (non-hydrogen) atoms. The monoisotopic (exact) mass is 358 g/mol. The minimum Gasteiger partial charge on any atom is -0.377 e. The van der Waals surface area contributed by atoms with Gasteiger partial charge in [-0.05, 0) is 37.5 Å². The molecule has 1 aliphatic heterocycles. The number of hydrogen-bond donors (Lipinski definition) is 2. The molecular weight excluding hydrogens is 324 g/mol. The maximum absolute atomic E-state index is 12.8. The molecule has 0 spiro atoms. The van der Waals surface area contributed by atoms with E-state index in [1.165, 1.54) is 25.7 Å². The van der Waals surface area contributed by atoms with Crippen molar-refractivity contribution in [1.29, 1.82) is 0 Å². The highest BCUT2D eigenvalue weighted by atomic mass is 35.5. The second kappa shape index (κ2) is 7.51. The van der Waals surface area contributed by atoms with E-state index in [4.69, 9.17) is 10.5 Å². The minimum atomic E-state index is -0.766. The molecule has 0 aromatic carbocycles. The molecule has 3 aliphatic rings. The first-order valence-corrected chi connectivity index (χ1v) is 9.56. The summed E-state index contributed by atoms with van der Waals surface area (Å²) in [5.74, 6) is 1.84. The molecule has 2 saturated carbocycles. The normalized spacial score (nSPS) is 40.7. The molecule has 3 fully saturated rings. The summed E-state index contributed by atoms with van der Waals surface area (Å²) in [7, 11) is 0. The Labute approximate surface area is 153 Å². The fraction of sp³-hybridized carbons (Fsp3) is 0.947. The van der Waals surface area contributed by atoms with Crippen LogP contribution in [0.25, 0.3) is 0 Å². The predicted molar refractivity (Wildman–Crippen MR) is 99.2 cm³/mol. The Balaban J connectivity index is 0.00000208. The van der Waals surface area contributed by atoms with Gasteiger partial charge in [-0.1, -0.05) is 40.0 Å². The van der Waals surface area contributed by atoms with Gasteiger partial charge in [0.2, 0.25) is 5.91 Å². The maximum atomic E-state index is 12.8. The molecule has 3 N–H and O–H groups in total. The zero-order chi connectivity index (χ0) is 16.7. The Morgan fingerprint density at radius 2 is 2.00 bits per heavy atom. The summed E-state index contributed by atoms with van der Waals surface area (Å²) in [6.45, 7) is 8.09. The van der Waals surface area contributed by atoms with Gasteiger partial charge >= 0.3 is 0 Å². The Kier molecular flexibility index (Phi) is 6.26. The van der Waals surface area contributed by atoms with Crippen LogP contribution in [-0.4, -0.2) is 30.7 Å². The highest BCUT2D eigenvalue weighted by molar-refractivity contribution is 5.89. The zero-order valence-electron chi connectivity index (χ0n) is 15.5. The third-order valence-corrected chi connectivity index (χ3v) is 6.94. The Hall–Kier alpha value is -0.320. The fourth-order valence-corrected chi connectivity index (χ4v) is 5.39. The van der Waals surface area contributed by atoms with E-state index in [1.54, 1.807) is 0 Å². The summed E-state index contributed by atoms with van der Waals surface area (Å²) in [5, 5.41) is 3.16. The number of nitrogens with two attached hydrogens (primary N) is 1. The van der Waals surface area contributed by atoms with E-state index in [2.05, 4.69) is 26.1 Å². The van der Waals surface area contributed by atoms with Gasteiger partial charge in [0.15, 0.2) is 0 Å². The molecule has 1 heterocycles. The number of fused-ring (bicyclic) bond motifs is 1. The van der Waals surface area contributed by atoms with Crippen LogP contribution in [0.3, 0.4) is 0 Å².